The van der Waals surface area contributed by atoms with Crippen molar-refractivity contribution < 1.29 is 4.79 Å². The fourth-order valence-electron chi connectivity index (χ4n) is 2.50. The van der Waals surface area contributed by atoms with E-state index in [1.165, 1.54) is 17.6 Å². The number of carbonyl (C=O) groups is 1. The minimum Gasteiger partial charge on any atom is -0.337 e. The van der Waals surface area contributed by atoms with E-state index in [1.807, 2.05) is 44.3 Å². The van der Waals surface area contributed by atoms with Gasteiger partial charge in [0.15, 0.2) is 5.69 Å². The standard InChI is InChI=1S/C16H20N4O/c1-11-15(16(21)19(3)12(2)13-9-10-13)18-20(17-11)14-7-5-4-6-8-14/h4-8,12-13H,9-10H2,1-3H3/t12-/m0/s1. The molecule has 1 aromatic heterocycles. The zero-order valence-corrected chi connectivity index (χ0v) is 12.7. The summed E-state index contributed by atoms with van der Waals surface area (Å²) in [5.41, 5.74) is 1.96. The van der Waals surface area contributed by atoms with Gasteiger partial charge in [-0.15, -0.1) is 5.10 Å². The van der Waals surface area contributed by atoms with Crippen molar-refractivity contribution in [3.05, 3.63) is 41.7 Å². The van der Waals surface area contributed by atoms with Crippen LogP contribution >= 0.6 is 0 Å². The fraction of sp³-hybridized carbons (Fsp3) is 0.438. The van der Waals surface area contributed by atoms with Crippen LogP contribution in [-0.2, 0) is 0 Å². The van der Waals surface area contributed by atoms with Crippen LogP contribution in [0.1, 0.15) is 35.9 Å². The molecule has 1 amide bonds. The molecule has 5 heteroatoms. The Hall–Kier alpha value is -2.17. The lowest BCUT2D eigenvalue weighted by Crippen LogP contribution is -2.37. The molecule has 0 bridgehead atoms. The molecular weight excluding hydrogens is 264 g/mol. The maximum Gasteiger partial charge on any atom is 0.276 e. The van der Waals surface area contributed by atoms with E-state index in [4.69, 9.17) is 0 Å². The number of aryl methyl sites for hydroxylation is 1. The summed E-state index contributed by atoms with van der Waals surface area (Å²) in [5, 5.41) is 8.74. The summed E-state index contributed by atoms with van der Waals surface area (Å²) in [6, 6.07) is 9.90. The predicted octanol–water partition coefficient (Wildman–Crippen LogP) is 2.45. The predicted molar refractivity (Wildman–Crippen MR) is 80.4 cm³/mol. The zero-order valence-electron chi connectivity index (χ0n) is 12.7. The first-order chi connectivity index (χ1) is 10.1. The van der Waals surface area contributed by atoms with Crippen molar-refractivity contribution in [1.29, 1.82) is 0 Å². The Morgan fingerprint density at radius 1 is 1.29 bits per heavy atom. The lowest BCUT2D eigenvalue weighted by Gasteiger charge is -2.24. The fourth-order valence-corrected chi connectivity index (χ4v) is 2.50. The van der Waals surface area contributed by atoms with Gasteiger partial charge in [0.05, 0.1) is 11.4 Å². The Labute approximate surface area is 124 Å². The van der Waals surface area contributed by atoms with E-state index in [1.54, 1.807) is 4.90 Å². The second kappa shape index (κ2) is 5.31. The molecule has 0 spiro atoms. The first-order valence-electron chi connectivity index (χ1n) is 7.34. The van der Waals surface area contributed by atoms with E-state index < -0.39 is 0 Å². The first-order valence-corrected chi connectivity index (χ1v) is 7.34. The van der Waals surface area contributed by atoms with Gasteiger partial charge in [0.25, 0.3) is 5.91 Å². The number of nitrogens with zero attached hydrogens (tertiary/aromatic N) is 4. The van der Waals surface area contributed by atoms with Crippen LogP contribution < -0.4 is 0 Å². The van der Waals surface area contributed by atoms with Gasteiger partial charge < -0.3 is 4.90 Å². The summed E-state index contributed by atoms with van der Waals surface area (Å²) >= 11 is 0. The van der Waals surface area contributed by atoms with Crippen LogP contribution in [-0.4, -0.2) is 38.9 Å². The molecule has 1 aliphatic rings. The molecular formula is C16H20N4O. The van der Waals surface area contributed by atoms with E-state index in [2.05, 4.69) is 17.1 Å². The summed E-state index contributed by atoms with van der Waals surface area (Å²) in [6.07, 6.45) is 2.43. The Kier molecular flexibility index (Phi) is 3.49. The Bertz CT molecular complexity index is 646. The van der Waals surface area contributed by atoms with Gasteiger partial charge >= 0.3 is 0 Å². The lowest BCUT2D eigenvalue weighted by atomic mass is 10.2. The van der Waals surface area contributed by atoms with E-state index >= 15 is 0 Å². The SMILES string of the molecule is Cc1nn(-c2ccccc2)nc1C(=O)N(C)[C@@H](C)C1CC1. The van der Waals surface area contributed by atoms with Gasteiger partial charge in [-0.2, -0.15) is 9.90 Å². The molecule has 0 saturated heterocycles. The van der Waals surface area contributed by atoms with Crippen molar-refractivity contribution in [2.45, 2.75) is 32.7 Å². The second-order valence-corrected chi connectivity index (χ2v) is 5.75. The quantitative estimate of drug-likeness (QED) is 0.866. The summed E-state index contributed by atoms with van der Waals surface area (Å²) in [7, 11) is 1.85. The molecule has 0 aliphatic heterocycles. The van der Waals surface area contributed by atoms with Gasteiger partial charge in [0.2, 0.25) is 0 Å². The van der Waals surface area contributed by atoms with Gasteiger partial charge in [0, 0.05) is 13.1 Å². The van der Waals surface area contributed by atoms with Gasteiger partial charge in [-0.05, 0) is 44.7 Å². The number of aromatic nitrogens is 3. The van der Waals surface area contributed by atoms with E-state index in [9.17, 15) is 4.79 Å². The van der Waals surface area contributed by atoms with Crippen molar-refractivity contribution in [3.63, 3.8) is 0 Å². The van der Waals surface area contributed by atoms with Crippen LogP contribution in [0.3, 0.4) is 0 Å². The molecule has 1 aromatic carbocycles. The van der Waals surface area contributed by atoms with Crippen LogP contribution in [0.2, 0.25) is 0 Å². The van der Waals surface area contributed by atoms with Crippen molar-refractivity contribution in [2.24, 2.45) is 5.92 Å². The molecule has 1 heterocycles. The Balaban J connectivity index is 1.85. The van der Waals surface area contributed by atoms with Gasteiger partial charge in [-0.25, -0.2) is 0 Å². The van der Waals surface area contributed by atoms with E-state index in [0.29, 0.717) is 17.3 Å². The Morgan fingerprint density at radius 2 is 1.95 bits per heavy atom. The van der Waals surface area contributed by atoms with Crippen molar-refractivity contribution in [1.82, 2.24) is 19.9 Å². The molecule has 2 aromatic rings. The van der Waals surface area contributed by atoms with Crippen LogP contribution in [0.25, 0.3) is 5.69 Å². The zero-order chi connectivity index (χ0) is 15.0. The van der Waals surface area contributed by atoms with Gasteiger partial charge in [-0.3, -0.25) is 4.79 Å². The number of amides is 1. The molecule has 1 saturated carbocycles. The second-order valence-electron chi connectivity index (χ2n) is 5.75. The highest BCUT2D eigenvalue weighted by atomic mass is 16.2. The lowest BCUT2D eigenvalue weighted by molar-refractivity contribution is 0.0720. The third kappa shape index (κ3) is 2.68. The summed E-state index contributed by atoms with van der Waals surface area (Å²) in [4.78, 5) is 15.9. The number of para-hydroxylation sites is 1. The molecule has 1 atom stereocenters. The third-order valence-electron chi connectivity index (χ3n) is 4.21. The van der Waals surface area contributed by atoms with E-state index in [-0.39, 0.29) is 11.9 Å². The average molecular weight is 284 g/mol. The molecule has 0 unspecified atom stereocenters. The third-order valence-corrected chi connectivity index (χ3v) is 4.21. The minimum absolute atomic E-state index is 0.0471. The normalized spacial score (nSPS) is 15.8. The summed E-state index contributed by atoms with van der Waals surface area (Å²) in [6.45, 7) is 3.93. The summed E-state index contributed by atoms with van der Waals surface area (Å²) in [5.74, 6) is 0.595. The maximum absolute atomic E-state index is 12.6. The molecule has 0 radical (unpaired) electrons. The monoisotopic (exact) mass is 284 g/mol. The topological polar surface area (TPSA) is 51.0 Å². The van der Waals surface area contributed by atoms with Crippen molar-refractivity contribution >= 4 is 5.91 Å². The molecule has 3 rings (SSSR count). The number of rotatable bonds is 4. The number of benzene rings is 1. The maximum atomic E-state index is 12.6. The van der Waals surface area contributed by atoms with Crippen LogP contribution in [0, 0.1) is 12.8 Å². The van der Waals surface area contributed by atoms with Crippen molar-refractivity contribution in [2.75, 3.05) is 7.05 Å². The van der Waals surface area contributed by atoms with Gasteiger partial charge in [-0.1, -0.05) is 18.2 Å². The highest BCUT2D eigenvalue weighted by Crippen LogP contribution is 2.35. The molecule has 21 heavy (non-hydrogen) atoms. The minimum atomic E-state index is -0.0471. The first kappa shape index (κ1) is 13.8. The number of hydrogen-bond donors (Lipinski definition) is 0. The average Bonchev–Trinajstić information content (AvgIpc) is 3.28. The smallest absolute Gasteiger partial charge is 0.276 e. The molecule has 0 N–H and O–H groups in total. The molecule has 1 fully saturated rings. The largest absolute Gasteiger partial charge is 0.337 e. The highest BCUT2D eigenvalue weighted by molar-refractivity contribution is 5.93. The van der Waals surface area contributed by atoms with Crippen LogP contribution in [0.15, 0.2) is 30.3 Å². The Morgan fingerprint density at radius 3 is 2.57 bits per heavy atom. The van der Waals surface area contributed by atoms with E-state index in [0.717, 1.165) is 5.69 Å². The molecule has 110 valence electrons. The van der Waals surface area contributed by atoms with Crippen molar-refractivity contribution in [3.8, 4) is 5.69 Å². The van der Waals surface area contributed by atoms with Crippen LogP contribution in [0.4, 0.5) is 0 Å². The van der Waals surface area contributed by atoms with Crippen LogP contribution in [0.5, 0.6) is 0 Å². The number of hydrogen-bond acceptors (Lipinski definition) is 3. The molecule has 1 aliphatic carbocycles. The van der Waals surface area contributed by atoms with Gasteiger partial charge in [0.1, 0.15) is 0 Å². The number of carbonyl (C=O) groups excluding carboxylic acids is 1. The highest BCUT2D eigenvalue weighted by Gasteiger charge is 2.34. The summed E-state index contributed by atoms with van der Waals surface area (Å²) < 4.78 is 0. The molecule has 5 nitrogen and oxygen atoms in total.